The molecule has 2 amide bonds. The second kappa shape index (κ2) is 5.97. The van der Waals surface area contributed by atoms with Crippen molar-refractivity contribution in [2.45, 2.75) is 20.0 Å². The summed E-state index contributed by atoms with van der Waals surface area (Å²) in [6.45, 7) is 3.01. The van der Waals surface area contributed by atoms with E-state index in [1.165, 1.54) is 10.4 Å². The summed E-state index contributed by atoms with van der Waals surface area (Å²) in [5.74, 6) is 0. The van der Waals surface area contributed by atoms with E-state index in [1.807, 2.05) is 47.3 Å². The van der Waals surface area contributed by atoms with Crippen molar-refractivity contribution in [1.29, 1.82) is 0 Å². The maximum atomic E-state index is 11.8. The summed E-state index contributed by atoms with van der Waals surface area (Å²) in [5.41, 5.74) is 2.92. The zero-order chi connectivity index (χ0) is 14.7. The molecule has 0 bridgehead atoms. The van der Waals surface area contributed by atoms with Gasteiger partial charge in [-0.1, -0.05) is 6.07 Å². The number of aryl methyl sites for hydroxylation is 1. The van der Waals surface area contributed by atoms with Crippen LogP contribution in [0.3, 0.4) is 0 Å². The third-order valence-corrected chi connectivity index (χ3v) is 4.24. The van der Waals surface area contributed by atoms with Crippen molar-refractivity contribution in [3.8, 4) is 0 Å². The molecule has 0 atom stereocenters. The van der Waals surface area contributed by atoms with E-state index in [1.54, 1.807) is 11.3 Å². The first-order chi connectivity index (χ1) is 10.2. The molecule has 0 aromatic carbocycles. The molecule has 3 rings (SSSR count). The average Bonchev–Trinajstić information content (AvgIpc) is 3.08. The normalized spacial score (nSPS) is 10.7. The highest BCUT2D eigenvalue weighted by molar-refractivity contribution is 7.10. The number of hydrogen-bond acceptors (Lipinski definition) is 3. The van der Waals surface area contributed by atoms with E-state index in [0.29, 0.717) is 13.1 Å². The lowest BCUT2D eigenvalue weighted by atomic mass is 10.3. The van der Waals surface area contributed by atoms with Crippen LogP contribution in [-0.4, -0.2) is 15.4 Å². The summed E-state index contributed by atoms with van der Waals surface area (Å²) in [7, 11) is 0. The Morgan fingerprint density at radius 2 is 2.14 bits per heavy atom. The summed E-state index contributed by atoms with van der Waals surface area (Å²) in [4.78, 5) is 17.4. The van der Waals surface area contributed by atoms with Crippen LogP contribution in [0.25, 0.3) is 5.65 Å². The predicted molar refractivity (Wildman–Crippen MR) is 83.3 cm³/mol. The van der Waals surface area contributed by atoms with Crippen molar-refractivity contribution in [2.75, 3.05) is 0 Å². The Balaban J connectivity index is 1.52. The van der Waals surface area contributed by atoms with Gasteiger partial charge in [-0.05, 0) is 36.1 Å². The van der Waals surface area contributed by atoms with Gasteiger partial charge in [0.05, 0.1) is 18.8 Å². The molecule has 3 aromatic heterocycles. The van der Waals surface area contributed by atoms with E-state index in [-0.39, 0.29) is 6.03 Å². The van der Waals surface area contributed by atoms with Crippen molar-refractivity contribution in [3.05, 3.63) is 58.2 Å². The van der Waals surface area contributed by atoms with Crippen molar-refractivity contribution >= 4 is 23.0 Å². The number of nitrogens with one attached hydrogen (secondary N) is 2. The number of pyridine rings is 1. The Bertz CT molecular complexity index is 729. The number of hydrogen-bond donors (Lipinski definition) is 2. The lowest BCUT2D eigenvalue weighted by Gasteiger charge is -2.05. The van der Waals surface area contributed by atoms with Crippen molar-refractivity contribution < 1.29 is 4.79 Å². The Morgan fingerprint density at radius 1 is 1.29 bits per heavy atom. The average molecular weight is 300 g/mol. The van der Waals surface area contributed by atoms with Gasteiger partial charge < -0.3 is 15.0 Å². The third-order valence-electron chi connectivity index (χ3n) is 3.22. The summed E-state index contributed by atoms with van der Waals surface area (Å²) in [6, 6.07) is 7.69. The van der Waals surface area contributed by atoms with Gasteiger partial charge in [0.25, 0.3) is 0 Å². The number of carbonyl (C=O) groups excluding carboxylic acids is 1. The highest BCUT2D eigenvalue weighted by atomic mass is 32.1. The molecule has 0 saturated heterocycles. The largest absolute Gasteiger partial charge is 0.333 e. The van der Waals surface area contributed by atoms with Crippen LogP contribution < -0.4 is 10.6 Å². The molecule has 3 aromatic rings. The first-order valence-electron chi connectivity index (χ1n) is 6.69. The Morgan fingerprint density at radius 3 is 2.90 bits per heavy atom. The molecule has 0 fully saturated rings. The van der Waals surface area contributed by atoms with Crippen LogP contribution >= 0.6 is 11.3 Å². The maximum absolute atomic E-state index is 11.8. The number of fused-ring (bicyclic) bond motifs is 1. The second-order valence-electron chi connectivity index (χ2n) is 4.76. The van der Waals surface area contributed by atoms with E-state index in [0.717, 1.165) is 11.3 Å². The fourth-order valence-electron chi connectivity index (χ4n) is 2.05. The van der Waals surface area contributed by atoms with Crippen molar-refractivity contribution in [3.63, 3.8) is 0 Å². The lowest BCUT2D eigenvalue weighted by Crippen LogP contribution is -2.34. The SMILES string of the molecule is Cc1ccsc1CNC(=O)NCc1cn2ccccc2n1. The molecule has 0 radical (unpaired) electrons. The molecule has 5 nitrogen and oxygen atoms in total. The minimum Gasteiger partial charge on any atom is -0.333 e. The quantitative estimate of drug-likeness (QED) is 0.778. The number of amides is 2. The van der Waals surface area contributed by atoms with Gasteiger partial charge in [0.1, 0.15) is 5.65 Å². The van der Waals surface area contributed by atoms with Crippen molar-refractivity contribution in [2.24, 2.45) is 0 Å². The summed E-state index contributed by atoms with van der Waals surface area (Å²) in [5, 5.41) is 7.70. The van der Waals surface area contributed by atoms with E-state index in [4.69, 9.17) is 0 Å². The van der Waals surface area contributed by atoms with Gasteiger partial charge >= 0.3 is 6.03 Å². The molecule has 3 heterocycles. The highest BCUT2D eigenvalue weighted by Crippen LogP contribution is 2.14. The van der Waals surface area contributed by atoms with E-state index >= 15 is 0 Å². The fraction of sp³-hybridized carbons (Fsp3) is 0.200. The van der Waals surface area contributed by atoms with Crippen LogP contribution in [0.5, 0.6) is 0 Å². The minimum atomic E-state index is -0.181. The van der Waals surface area contributed by atoms with E-state index in [9.17, 15) is 4.79 Å². The van der Waals surface area contributed by atoms with Gasteiger partial charge in [0.15, 0.2) is 0 Å². The molecule has 0 spiro atoms. The zero-order valence-electron chi connectivity index (χ0n) is 11.7. The molecule has 0 unspecified atom stereocenters. The predicted octanol–water partition coefficient (Wildman–Crippen LogP) is 2.70. The maximum Gasteiger partial charge on any atom is 0.315 e. The number of aromatic nitrogens is 2. The molecule has 0 aliphatic heterocycles. The van der Waals surface area contributed by atoms with Gasteiger partial charge in [-0.25, -0.2) is 9.78 Å². The van der Waals surface area contributed by atoms with Gasteiger partial charge in [-0.2, -0.15) is 0 Å². The molecule has 6 heteroatoms. The molecule has 0 aliphatic carbocycles. The van der Waals surface area contributed by atoms with Crippen LogP contribution in [0.4, 0.5) is 4.79 Å². The topological polar surface area (TPSA) is 58.4 Å². The Hall–Kier alpha value is -2.34. The molecular formula is C15H16N4OS. The van der Waals surface area contributed by atoms with E-state index in [2.05, 4.69) is 21.7 Å². The van der Waals surface area contributed by atoms with Crippen LogP contribution in [0.15, 0.2) is 42.0 Å². The molecule has 108 valence electrons. The zero-order valence-corrected chi connectivity index (χ0v) is 12.5. The molecule has 21 heavy (non-hydrogen) atoms. The number of nitrogens with zero attached hydrogens (tertiary/aromatic N) is 2. The summed E-state index contributed by atoms with van der Waals surface area (Å²) >= 11 is 1.65. The summed E-state index contributed by atoms with van der Waals surface area (Å²) in [6.07, 6.45) is 3.85. The number of rotatable bonds is 4. The molecule has 2 N–H and O–H groups in total. The van der Waals surface area contributed by atoms with Gasteiger partial charge in [0, 0.05) is 17.3 Å². The number of thiophene rings is 1. The third kappa shape index (κ3) is 3.22. The standard InChI is InChI=1S/C15H16N4OS/c1-11-5-7-21-13(11)9-17-15(20)16-8-12-10-19-6-3-2-4-14(19)18-12/h2-7,10H,8-9H2,1H3,(H2,16,17,20). The lowest BCUT2D eigenvalue weighted by molar-refractivity contribution is 0.240. The van der Waals surface area contributed by atoms with Gasteiger partial charge in [-0.15, -0.1) is 11.3 Å². The van der Waals surface area contributed by atoms with Gasteiger partial charge in [0.2, 0.25) is 0 Å². The van der Waals surface area contributed by atoms with Crippen LogP contribution in [-0.2, 0) is 13.1 Å². The van der Waals surface area contributed by atoms with Crippen LogP contribution in [0.2, 0.25) is 0 Å². The monoisotopic (exact) mass is 300 g/mol. The second-order valence-corrected chi connectivity index (χ2v) is 5.76. The molecule has 0 aliphatic rings. The van der Waals surface area contributed by atoms with Crippen LogP contribution in [0, 0.1) is 6.92 Å². The summed E-state index contributed by atoms with van der Waals surface area (Å²) < 4.78 is 1.93. The number of urea groups is 1. The smallest absolute Gasteiger partial charge is 0.315 e. The van der Waals surface area contributed by atoms with Crippen LogP contribution in [0.1, 0.15) is 16.1 Å². The van der Waals surface area contributed by atoms with Crippen molar-refractivity contribution in [1.82, 2.24) is 20.0 Å². The number of carbonyl (C=O) groups is 1. The molecular weight excluding hydrogens is 284 g/mol. The fourth-order valence-corrected chi connectivity index (χ4v) is 2.90. The van der Waals surface area contributed by atoms with E-state index < -0.39 is 0 Å². The first-order valence-corrected chi connectivity index (χ1v) is 7.57. The Labute approximate surface area is 126 Å². The molecule has 0 saturated carbocycles. The first kappa shape index (κ1) is 13.6. The van der Waals surface area contributed by atoms with Gasteiger partial charge in [-0.3, -0.25) is 0 Å². The minimum absolute atomic E-state index is 0.181. The Kier molecular flexibility index (Phi) is 3.87. The highest BCUT2D eigenvalue weighted by Gasteiger charge is 2.05. The number of imidazole rings is 1.